The van der Waals surface area contributed by atoms with E-state index < -0.39 is 5.41 Å². The Kier molecular flexibility index (Phi) is 9.71. The van der Waals surface area contributed by atoms with Crippen LogP contribution < -0.4 is 4.90 Å². The van der Waals surface area contributed by atoms with E-state index in [0.29, 0.717) is 5.92 Å². The molecule has 3 aliphatic rings. The van der Waals surface area contributed by atoms with Crippen molar-refractivity contribution in [3.8, 4) is 66.8 Å². The standard InChI is InChI=1S/C70H57N/c1-45(68(2,3)4)46-24-26-49(27-25-46)51-32-39-60-57-19-11-14-22-63(57)70(66(60)42-51)64-23-15-12-20-58(64)61-40-33-52(43-67(61)70)50-30-36-54(37-31-50)71(53-34-28-48(29-35-53)47-16-8-7-9-17-47)55-38-41-59-56-18-10-13-21-62(56)69(5,6)65(59)44-55/h7-45H,1-6H3. The minimum atomic E-state index is -0.464. The second-order valence-electron chi connectivity index (χ2n) is 21.8. The second-order valence-corrected chi connectivity index (χ2v) is 21.8. The third-order valence-corrected chi connectivity index (χ3v) is 16.6. The van der Waals surface area contributed by atoms with Gasteiger partial charge in [-0.3, -0.25) is 0 Å². The van der Waals surface area contributed by atoms with Gasteiger partial charge in [0.1, 0.15) is 0 Å². The van der Waals surface area contributed by atoms with Gasteiger partial charge in [0.05, 0.1) is 5.41 Å². The van der Waals surface area contributed by atoms with Gasteiger partial charge < -0.3 is 4.90 Å². The summed E-state index contributed by atoms with van der Waals surface area (Å²) in [6.07, 6.45) is 0. The Morgan fingerprint density at radius 3 is 1.21 bits per heavy atom. The fourth-order valence-corrected chi connectivity index (χ4v) is 12.5. The van der Waals surface area contributed by atoms with E-state index in [2.05, 4.69) is 277 Å². The van der Waals surface area contributed by atoms with Gasteiger partial charge in [0.15, 0.2) is 0 Å². The van der Waals surface area contributed by atoms with Crippen LogP contribution in [0, 0.1) is 5.41 Å². The van der Waals surface area contributed by atoms with Crippen LogP contribution in [0.1, 0.15) is 86.4 Å². The maximum absolute atomic E-state index is 2.51. The monoisotopic (exact) mass is 911 g/mol. The highest BCUT2D eigenvalue weighted by atomic mass is 15.1. The first-order chi connectivity index (χ1) is 34.5. The lowest BCUT2D eigenvalue weighted by Crippen LogP contribution is -2.26. The SMILES string of the molecule is CC(c1ccc(-c2ccc3c(c2)C2(c4ccccc4-3)c3ccccc3-c3ccc(-c4ccc(N(c5ccc(-c6ccccc6)cc5)c5ccc6c(c5)C(C)(C)c5ccccc5-6)cc4)cc32)cc1)C(C)(C)C. The zero-order chi connectivity index (χ0) is 48.2. The van der Waals surface area contributed by atoms with Gasteiger partial charge in [-0.1, -0.05) is 224 Å². The first-order valence-corrected chi connectivity index (χ1v) is 25.4. The van der Waals surface area contributed by atoms with E-state index in [9.17, 15) is 0 Å². The zero-order valence-corrected chi connectivity index (χ0v) is 41.5. The van der Waals surface area contributed by atoms with E-state index >= 15 is 0 Å². The first-order valence-electron chi connectivity index (χ1n) is 25.4. The molecular formula is C70H57N. The largest absolute Gasteiger partial charge is 0.310 e. The molecule has 0 bridgehead atoms. The fourth-order valence-electron chi connectivity index (χ4n) is 12.5. The Morgan fingerprint density at radius 2 is 0.690 bits per heavy atom. The van der Waals surface area contributed by atoms with Gasteiger partial charge in [-0.2, -0.15) is 0 Å². The molecule has 71 heavy (non-hydrogen) atoms. The highest BCUT2D eigenvalue weighted by Gasteiger charge is 2.52. The fraction of sp³-hybridized carbons (Fsp3) is 0.143. The molecule has 1 nitrogen and oxygen atoms in total. The van der Waals surface area contributed by atoms with E-state index in [-0.39, 0.29) is 10.8 Å². The Balaban J connectivity index is 0.922. The summed E-state index contributed by atoms with van der Waals surface area (Å²) >= 11 is 0. The number of hydrogen-bond acceptors (Lipinski definition) is 1. The molecule has 0 fully saturated rings. The summed E-state index contributed by atoms with van der Waals surface area (Å²) in [5.74, 6) is 0.457. The van der Waals surface area contributed by atoms with Crippen molar-refractivity contribution in [3.63, 3.8) is 0 Å². The van der Waals surface area contributed by atoms with Crippen molar-refractivity contribution in [1.82, 2.24) is 0 Å². The summed E-state index contributed by atoms with van der Waals surface area (Å²) in [6, 6.07) is 87.0. The maximum atomic E-state index is 2.51. The van der Waals surface area contributed by atoms with Crippen molar-refractivity contribution in [1.29, 1.82) is 0 Å². The summed E-state index contributed by atoms with van der Waals surface area (Å²) < 4.78 is 0. The maximum Gasteiger partial charge on any atom is 0.0725 e. The average molecular weight is 912 g/mol. The molecule has 13 rings (SSSR count). The van der Waals surface area contributed by atoms with Gasteiger partial charge in [0, 0.05) is 22.5 Å². The highest BCUT2D eigenvalue weighted by molar-refractivity contribution is 5.97. The van der Waals surface area contributed by atoms with Crippen LogP contribution in [0.25, 0.3) is 66.8 Å². The number of nitrogens with zero attached hydrogens (tertiary/aromatic N) is 1. The van der Waals surface area contributed by atoms with Crippen LogP contribution in [0.5, 0.6) is 0 Å². The van der Waals surface area contributed by atoms with Crippen LogP contribution in [-0.2, 0) is 10.8 Å². The molecule has 10 aromatic carbocycles. The molecule has 0 saturated heterocycles. The van der Waals surface area contributed by atoms with Crippen molar-refractivity contribution in [2.75, 3.05) is 4.90 Å². The van der Waals surface area contributed by atoms with Gasteiger partial charge in [-0.15, -0.1) is 0 Å². The third kappa shape index (κ3) is 6.59. The topological polar surface area (TPSA) is 3.24 Å². The minimum Gasteiger partial charge on any atom is -0.310 e. The number of fused-ring (bicyclic) bond motifs is 13. The molecule has 0 saturated carbocycles. The van der Waals surface area contributed by atoms with Crippen molar-refractivity contribution >= 4 is 17.1 Å². The predicted octanol–water partition coefficient (Wildman–Crippen LogP) is 19.0. The Hall–Kier alpha value is -8.00. The summed E-state index contributed by atoms with van der Waals surface area (Å²) in [6.45, 7) is 14.1. The molecule has 342 valence electrons. The van der Waals surface area contributed by atoms with Crippen molar-refractivity contribution in [3.05, 3.63) is 269 Å². The van der Waals surface area contributed by atoms with Crippen LogP contribution in [0.3, 0.4) is 0 Å². The lowest BCUT2D eigenvalue weighted by Gasteiger charge is -2.31. The van der Waals surface area contributed by atoms with Crippen LogP contribution in [0.4, 0.5) is 17.1 Å². The van der Waals surface area contributed by atoms with Crippen molar-refractivity contribution in [2.24, 2.45) is 5.41 Å². The second kappa shape index (κ2) is 16.0. The molecule has 3 aliphatic carbocycles. The van der Waals surface area contributed by atoms with E-state index in [1.165, 1.54) is 106 Å². The Labute approximate surface area is 419 Å². The Morgan fingerprint density at radius 1 is 0.324 bits per heavy atom. The summed E-state index contributed by atoms with van der Waals surface area (Å²) in [5, 5.41) is 0. The zero-order valence-electron chi connectivity index (χ0n) is 41.5. The molecule has 2 atom stereocenters. The van der Waals surface area contributed by atoms with E-state index in [0.717, 1.165) is 17.1 Å². The van der Waals surface area contributed by atoms with Gasteiger partial charge in [0.2, 0.25) is 0 Å². The van der Waals surface area contributed by atoms with Crippen LogP contribution in [0.2, 0.25) is 0 Å². The van der Waals surface area contributed by atoms with Crippen molar-refractivity contribution in [2.45, 2.75) is 58.3 Å². The van der Waals surface area contributed by atoms with E-state index in [1.54, 1.807) is 0 Å². The molecule has 1 heteroatoms. The van der Waals surface area contributed by atoms with Crippen LogP contribution in [-0.4, -0.2) is 0 Å². The number of hydrogen-bond donors (Lipinski definition) is 0. The van der Waals surface area contributed by atoms with Gasteiger partial charge in [-0.25, -0.2) is 0 Å². The molecule has 0 aliphatic heterocycles. The molecule has 1 spiro atoms. The normalized spacial score (nSPS) is 15.9. The number of benzene rings is 10. The van der Waals surface area contributed by atoms with E-state index in [1.807, 2.05) is 0 Å². The first kappa shape index (κ1) is 43.1. The number of anilines is 3. The molecule has 0 aromatic heterocycles. The molecule has 10 aromatic rings. The molecule has 2 unspecified atom stereocenters. The van der Waals surface area contributed by atoms with Crippen molar-refractivity contribution < 1.29 is 0 Å². The van der Waals surface area contributed by atoms with Crippen LogP contribution >= 0.6 is 0 Å². The van der Waals surface area contributed by atoms with Crippen LogP contribution in [0.15, 0.2) is 231 Å². The molecular weight excluding hydrogens is 855 g/mol. The lowest BCUT2D eigenvalue weighted by atomic mass is 9.70. The quantitative estimate of drug-likeness (QED) is 0.154. The molecule has 0 amide bonds. The molecule has 0 N–H and O–H groups in total. The van der Waals surface area contributed by atoms with Gasteiger partial charge in [0.25, 0.3) is 0 Å². The summed E-state index contributed by atoms with van der Waals surface area (Å²) in [5.41, 5.74) is 27.8. The average Bonchev–Trinajstić information content (AvgIpc) is 3.97. The summed E-state index contributed by atoms with van der Waals surface area (Å²) in [4.78, 5) is 2.43. The molecule has 0 radical (unpaired) electrons. The van der Waals surface area contributed by atoms with E-state index in [4.69, 9.17) is 0 Å². The summed E-state index contributed by atoms with van der Waals surface area (Å²) in [7, 11) is 0. The highest BCUT2D eigenvalue weighted by Crippen LogP contribution is 2.63. The predicted molar refractivity (Wildman–Crippen MR) is 299 cm³/mol. The molecule has 0 heterocycles. The third-order valence-electron chi connectivity index (χ3n) is 16.6. The van der Waals surface area contributed by atoms with Gasteiger partial charge >= 0.3 is 0 Å². The Bertz CT molecular complexity index is 3690. The lowest BCUT2D eigenvalue weighted by molar-refractivity contribution is 0.339. The van der Waals surface area contributed by atoms with Gasteiger partial charge in [-0.05, 0) is 166 Å². The smallest absolute Gasteiger partial charge is 0.0725 e. The number of rotatable bonds is 7. The minimum absolute atomic E-state index is 0.114.